The summed E-state index contributed by atoms with van der Waals surface area (Å²) in [5, 5.41) is 2.13. The molecule has 11 heteroatoms. The molecule has 2 amide bonds. The zero-order valence-corrected chi connectivity index (χ0v) is 16.5. The number of likely N-dealkylation sites (N-methyl/N-ethyl adjacent to an activating group) is 1. The molecule has 0 bridgehead atoms. The number of para-hydroxylation sites is 1. The van der Waals surface area contributed by atoms with Gasteiger partial charge in [-0.1, -0.05) is 12.1 Å². The molecule has 1 aromatic carbocycles. The molecule has 1 N–H and O–H groups in total. The summed E-state index contributed by atoms with van der Waals surface area (Å²) in [5.74, 6) is -2.95. The summed E-state index contributed by atoms with van der Waals surface area (Å²) in [5.41, 5.74) is -1.46. The lowest BCUT2D eigenvalue weighted by Crippen LogP contribution is -2.52. The van der Waals surface area contributed by atoms with Crippen LogP contribution < -0.4 is 5.32 Å². The van der Waals surface area contributed by atoms with Crippen molar-refractivity contribution in [1.82, 2.24) is 9.80 Å². The fourth-order valence-corrected chi connectivity index (χ4v) is 3.42. The molecule has 2 rings (SSSR count). The number of hydrogen-bond acceptors (Lipinski definition) is 3. The first kappa shape index (κ1) is 24.0. The first-order valence-corrected chi connectivity index (χ1v) is 9.32. The quantitative estimate of drug-likeness (QED) is 0.711. The molecular weight excluding hydrogens is 416 g/mol. The molecule has 0 saturated carbocycles. The summed E-state index contributed by atoms with van der Waals surface area (Å²) in [7, 11) is 1.28. The number of likely N-dealkylation sites (tertiary alicyclic amines) is 1. The Morgan fingerprint density at radius 3 is 2.43 bits per heavy atom. The monoisotopic (exact) mass is 439 g/mol. The van der Waals surface area contributed by atoms with E-state index in [2.05, 4.69) is 5.32 Å². The number of carbonyl (C=O) groups is 2. The van der Waals surface area contributed by atoms with Crippen LogP contribution >= 0.6 is 0 Å². The zero-order valence-electron chi connectivity index (χ0n) is 16.5. The van der Waals surface area contributed by atoms with Crippen molar-refractivity contribution >= 4 is 17.5 Å². The Hall–Kier alpha value is -2.30. The van der Waals surface area contributed by atoms with Crippen LogP contribution in [0.3, 0.4) is 0 Å². The lowest BCUT2D eigenvalue weighted by molar-refractivity contribution is -0.189. The van der Waals surface area contributed by atoms with Gasteiger partial charge in [-0.2, -0.15) is 26.3 Å². The van der Waals surface area contributed by atoms with Crippen LogP contribution in [0.15, 0.2) is 24.3 Å². The van der Waals surface area contributed by atoms with Gasteiger partial charge in [-0.15, -0.1) is 0 Å². The summed E-state index contributed by atoms with van der Waals surface area (Å²) in [4.78, 5) is 27.1. The number of alkyl halides is 6. The second-order valence-corrected chi connectivity index (χ2v) is 7.34. The fourth-order valence-electron chi connectivity index (χ4n) is 3.42. The first-order valence-electron chi connectivity index (χ1n) is 9.32. The minimum absolute atomic E-state index is 0.00221. The number of piperidine rings is 1. The molecule has 168 valence electrons. The van der Waals surface area contributed by atoms with E-state index in [4.69, 9.17) is 0 Å². The number of halogens is 6. The van der Waals surface area contributed by atoms with Gasteiger partial charge in [0.2, 0.25) is 11.8 Å². The topological polar surface area (TPSA) is 52.7 Å². The summed E-state index contributed by atoms with van der Waals surface area (Å²) in [6.45, 7) is 0.925. The number of rotatable bonds is 5. The molecule has 2 atom stereocenters. The Kier molecular flexibility index (Phi) is 7.38. The highest BCUT2D eigenvalue weighted by atomic mass is 19.4. The molecule has 0 aromatic heterocycles. The van der Waals surface area contributed by atoms with E-state index < -0.39 is 53.9 Å². The van der Waals surface area contributed by atoms with Gasteiger partial charge in [0.1, 0.15) is 0 Å². The Labute approximate surface area is 170 Å². The first-order chi connectivity index (χ1) is 13.8. The highest BCUT2D eigenvalue weighted by Gasteiger charge is 2.43. The highest BCUT2D eigenvalue weighted by molar-refractivity contribution is 5.95. The molecule has 0 spiro atoms. The standard InChI is InChI=1S/C19H23F6N3O2/c1-12(28-9-5-6-13(10-28)18(20,21)22)17(30)27(2)11-16(29)26-15-8-4-3-7-14(15)19(23,24)25/h3-4,7-8,12-13H,5-6,9-11H2,1-2H3,(H,26,29)/t12-,13+/m1/s1. The molecule has 1 aliphatic heterocycles. The number of nitrogens with one attached hydrogen (secondary N) is 1. The van der Waals surface area contributed by atoms with Crippen LogP contribution in [0.5, 0.6) is 0 Å². The van der Waals surface area contributed by atoms with Gasteiger partial charge < -0.3 is 10.2 Å². The van der Waals surface area contributed by atoms with Gasteiger partial charge in [-0.05, 0) is 38.4 Å². The molecule has 1 aliphatic rings. The number of amides is 2. The van der Waals surface area contributed by atoms with Crippen LogP contribution in [0.4, 0.5) is 32.0 Å². The van der Waals surface area contributed by atoms with Gasteiger partial charge in [-0.3, -0.25) is 14.5 Å². The van der Waals surface area contributed by atoms with Gasteiger partial charge in [0.05, 0.1) is 29.8 Å². The van der Waals surface area contributed by atoms with Crippen molar-refractivity contribution in [2.45, 2.75) is 38.2 Å². The van der Waals surface area contributed by atoms with Crippen LogP contribution in [-0.4, -0.2) is 60.5 Å². The van der Waals surface area contributed by atoms with E-state index in [0.29, 0.717) is 13.0 Å². The maximum absolute atomic E-state index is 13.0. The van der Waals surface area contributed by atoms with Crippen molar-refractivity contribution in [3.63, 3.8) is 0 Å². The maximum Gasteiger partial charge on any atom is 0.418 e. The number of carbonyl (C=O) groups excluding carboxylic acids is 2. The third-order valence-corrected chi connectivity index (χ3v) is 5.08. The summed E-state index contributed by atoms with van der Waals surface area (Å²) in [6.07, 6.45) is -8.72. The van der Waals surface area contributed by atoms with Crippen LogP contribution in [0.2, 0.25) is 0 Å². The van der Waals surface area contributed by atoms with Gasteiger partial charge in [0, 0.05) is 13.6 Å². The van der Waals surface area contributed by atoms with Crippen LogP contribution in [-0.2, 0) is 15.8 Å². The van der Waals surface area contributed by atoms with Gasteiger partial charge in [0.15, 0.2) is 0 Å². The Morgan fingerprint density at radius 2 is 1.83 bits per heavy atom. The lowest BCUT2D eigenvalue weighted by atomic mass is 9.96. The third kappa shape index (κ3) is 6.10. The Balaban J connectivity index is 1.98. The van der Waals surface area contributed by atoms with Crippen molar-refractivity contribution in [2.24, 2.45) is 5.92 Å². The average Bonchev–Trinajstić information content (AvgIpc) is 2.65. The molecule has 5 nitrogen and oxygen atoms in total. The van der Waals surface area contributed by atoms with E-state index in [1.807, 2.05) is 0 Å². The molecule has 0 radical (unpaired) electrons. The van der Waals surface area contributed by atoms with Crippen molar-refractivity contribution in [2.75, 3.05) is 32.0 Å². The van der Waals surface area contributed by atoms with E-state index in [0.717, 1.165) is 17.0 Å². The van der Waals surface area contributed by atoms with Crippen LogP contribution in [0.25, 0.3) is 0 Å². The summed E-state index contributed by atoms with van der Waals surface area (Å²) >= 11 is 0. The molecule has 1 heterocycles. The van der Waals surface area contributed by atoms with Gasteiger partial charge in [-0.25, -0.2) is 0 Å². The second-order valence-electron chi connectivity index (χ2n) is 7.34. The minimum atomic E-state index is -4.66. The highest BCUT2D eigenvalue weighted by Crippen LogP contribution is 2.35. The average molecular weight is 439 g/mol. The number of nitrogens with zero attached hydrogens (tertiary/aromatic N) is 2. The lowest BCUT2D eigenvalue weighted by Gasteiger charge is -2.37. The van der Waals surface area contributed by atoms with Crippen molar-refractivity contribution in [1.29, 1.82) is 0 Å². The Morgan fingerprint density at radius 1 is 1.20 bits per heavy atom. The maximum atomic E-state index is 13.0. The normalized spacial score (nSPS) is 19.3. The van der Waals surface area contributed by atoms with E-state index >= 15 is 0 Å². The fraction of sp³-hybridized carbons (Fsp3) is 0.579. The SMILES string of the molecule is C[C@H](C(=O)N(C)CC(=O)Nc1ccccc1C(F)(F)F)N1CCC[C@H](C(F)(F)F)C1. The van der Waals surface area contributed by atoms with Gasteiger partial charge >= 0.3 is 12.4 Å². The largest absolute Gasteiger partial charge is 0.418 e. The smallest absolute Gasteiger partial charge is 0.335 e. The molecule has 0 aliphatic carbocycles. The van der Waals surface area contributed by atoms with Gasteiger partial charge in [0.25, 0.3) is 0 Å². The van der Waals surface area contributed by atoms with Crippen molar-refractivity contribution in [3.05, 3.63) is 29.8 Å². The zero-order chi connectivity index (χ0) is 22.7. The number of anilines is 1. The van der Waals surface area contributed by atoms with Crippen molar-refractivity contribution < 1.29 is 35.9 Å². The summed E-state index contributed by atoms with van der Waals surface area (Å²) < 4.78 is 78.0. The predicted molar refractivity (Wildman–Crippen MR) is 97.5 cm³/mol. The Bertz CT molecular complexity index is 765. The van der Waals surface area contributed by atoms with E-state index in [9.17, 15) is 35.9 Å². The van der Waals surface area contributed by atoms with E-state index in [1.165, 1.54) is 31.0 Å². The summed E-state index contributed by atoms with van der Waals surface area (Å²) in [6, 6.07) is 3.53. The van der Waals surface area contributed by atoms with E-state index in [-0.39, 0.29) is 13.0 Å². The number of benzene rings is 1. The number of hydrogen-bond donors (Lipinski definition) is 1. The van der Waals surface area contributed by atoms with Crippen LogP contribution in [0, 0.1) is 5.92 Å². The molecular formula is C19H23F6N3O2. The third-order valence-electron chi connectivity index (χ3n) is 5.08. The van der Waals surface area contributed by atoms with E-state index in [1.54, 1.807) is 0 Å². The molecule has 1 aromatic rings. The van der Waals surface area contributed by atoms with Crippen molar-refractivity contribution in [3.8, 4) is 0 Å². The molecule has 1 fully saturated rings. The second kappa shape index (κ2) is 9.23. The molecule has 30 heavy (non-hydrogen) atoms. The molecule has 1 saturated heterocycles. The molecule has 0 unspecified atom stereocenters. The minimum Gasteiger partial charge on any atom is -0.335 e. The predicted octanol–water partition coefficient (Wildman–Crippen LogP) is 3.77. The van der Waals surface area contributed by atoms with Crippen LogP contribution in [0.1, 0.15) is 25.3 Å².